The molecule has 2 aliphatic heterocycles. The van der Waals surface area contributed by atoms with Crippen molar-refractivity contribution >= 4 is 17.5 Å². The van der Waals surface area contributed by atoms with Crippen LogP contribution in [0, 0.1) is 11.2 Å². The first-order valence-corrected chi connectivity index (χ1v) is 8.12. The summed E-state index contributed by atoms with van der Waals surface area (Å²) in [6.07, 6.45) is 8.32. The van der Waals surface area contributed by atoms with Crippen molar-refractivity contribution in [2.24, 2.45) is 5.41 Å². The number of piperidine rings is 1. The SMILES string of the molecule is O=C1N(c2cccnc2)CCC12CCCN(c1ncc(F)cn1)C2. The molecule has 2 fully saturated rings. The van der Waals surface area contributed by atoms with E-state index < -0.39 is 11.2 Å². The van der Waals surface area contributed by atoms with Crippen molar-refractivity contribution in [1.29, 1.82) is 0 Å². The number of hydrogen-bond donors (Lipinski definition) is 0. The van der Waals surface area contributed by atoms with E-state index in [1.54, 1.807) is 12.4 Å². The fourth-order valence-electron chi connectivity index (χ4n) is 3.73. The van der Waals surface area contributed by atoms with E-state index in [4.69, 9.17) is 0 Å². The van der Waals surface area contributed by atoms with Gasteiger partial charge in [-0.2, -0.15) is 0 Å². The lowest BCUT2D eigenvalue weighted by atomic mass is 9.78. The Bertz CT molecular complexity index is 738. The van der Waals surface area contributed by atoms with Crippen LogP contribution in [-0.4, -0.2) is 40.5 Å². The molecule has 0 saturated carbocycles. The Labute approximate surface area is 139 Å². The summed E-state index contributed by atoms with van der Waals surface area (Å²) in [5, 5.41) is 0. The monoisotopic (exact) mass is 327 g/mol. The fraction of sp³-hybridized carbons (Fsp3) is 0.412. The molecule has 2 aromatic rings. The van der Waals surface area contributed by atoms with Gasteiger partial charge in [0.05, 0.1) is 29.7 Å². The Balaban J connectivity index is 1.57. The van der Waals surface area contributed by atoms with Crippen molar-refractivity contribution in [3.8, 4) is 0 Å². The number of anilines is 2. The van der Waals surface area contributed by atoms with E-state index in [1.807, 2.05) is 21.9 Å². The van der Waals surface area contributed by atoms with Gasteiger partial charge < -0.3 is 9.80 Å². The smallest absolute Gasteiger partial charge is 0.235 e. The van der Waals surface area contributed by atoms with Crippen molar-refractivity contribution in [2.75, 3.05) is 29.4 Å². The van der Waals surface area contributed by atoms with Gasteiger partial charge in [0.2, 0.25) is 11.9 Å². The van der Waals surface area contributed by atoms with Crippen molar-refractivity contribution in [3.63, 3.8) is 0 Å². The molecule has 0 aromatic carbocycles. The number of carbonyl (C=O) groups excluding carboxylic acids is 1. The van der Waals surface area contributed by atoms with Gasteiger partial charge in [-0.25, -0.2) is 14.4 Å². The van der Waals surface area contributed by atoms with Gasteiger partial charge in [-0.3, -0.25) is 9.78 Å². The van der Waals surface area contributed by atoms with Gasteiger partial charge in [0.25, 0.3) is 0 Å². The molecular weight excluding hydrogens is 309 g/mol. The van der Waals surface area contributed by atoms with Gasteiger partial charge in [0.1, 0.15) is 0 Å². The van der Waals surface area contributed by atoms with Gasteiger partial charge in [-0.1, -0.05) is 0 Å². The lowest BCUT2D eigenvalue weighted by Gasteiger charge is -2.38. The summed E-state index contributed by atoms with van der Waals surface area (Å²) in [6, 6.07) is 3.75. The highest BCUT2D eigenvalue weighted by molar-refractivity contribution is 6.00. The maximum Gasteiger partial charge on any atom is 0.235 e. The van der Waals surface area contributed by atoms with Crippen LogP contribution >= 0.6 is 0 Å². The minimum Gasteiger partial charge on any atom is -0.340 e. The highest BCUT2D eigenvalue weighted by Gasteiger charge is 2.49. The van der Waals surface area contributed by atoms with Crippen LogP contribution in [-0.2, 0) is 4.79 Å². The number of aromatic nitrogens is 3. The molecule has 7 heteroatoms. The molecular formula is C17H18FN5O. The van der Waals surface area contributed by atoms with Crippen LogP contribution < -0.4 is 9.80 Å². The topological polar surface area (TPSA) is 62.2 Å². The van der Waals surface area contributed by atoms with Crippen LogP contribution in [0.3, 0.4) is 0 Å². The zero-order valence-electron chi connectivity index (χ0n) is 13.2. The van der Waals surface area contributed by atoms with E-state index in [0.717, 1.165) is 31.5 Å². The molecule has 2 aliphatic rings. The normalized spacial score (nSPS) is 24.0. The lowest BCUT2D eigenvalue weighted by Crippen LogP contribution is -2.48. The van der Waals surface area contributed by atoms with Crippen molar-refractivity contribution in [2.45, 2.75) is 19.3 Å². The second-order valence-electron chi connectivity index (χ2n) is 6.42. The minimum absolute atomic E-state index is 0.141. The zero-order valence-corrected chi connectivity index (χ0v) is 13.2. The van der Waals surface area contributed by atoms with E-state index in [9.17, 15) is 9.18 Å². The van der Waals surface area contributed by atoms with E-state index >= 15 is 0 Å². The molecule has 2 saturated heterocycles. The zero-order chi connectivity index (χ0) is 16.6. The van der Waals surface area contributed by atoms with Crippen molar-refractivity contribution in [1.82, 2.24) is 15.0 Å². The third kappa shape index (κ3) is 2.50. The van der Waals surface area contributed by atoms with Crippen molar-refractivity contribution < 1.29 is 9.18 Å². The maximum absolute atomic E-state index is 13.1. The Hall–Kier alpha value is -2.57. The first-order valence-electron chi connectivity index (χ1n) is 8.12. The average molecular weight is 327 g/mol. The molecule has 4 heterocycles. The lowest BCUT2D eigenvalue weighted by molar-refractivity contribution is -0.126. The fourth-order valence-corrected chi connectivity index (χ4v) is 3.73. The predicted octanol–water partition coefficient (Wildman–Crippen LogP) is 2.03. The summed E-state index contributed by atoms with van der Waals surface area (Å²) in [5.41, 5.74) is 0.431. The second kappa shape index (κ2) is 5.81. The largest absolute Gasteiger partial charge is 0.340 e. The van der Waals surface area contributed by atoms with E-state index in [0.29, 0.717) is 19.0 Å². The summed E-state index contributed by atoms with van der Waals surface area (Å²) in [4.78, 5) is 29.1. The van der Waals surface area contributed by atoms with Crippen LogP contribution in [0.1, 0.15) is 19.3 Å². The minimum atomic E-state index is -0.454. The van der Waals surface area contributed by atoms with Crippen LogP contribution in [0.2, 0.25) is 0 Å². The molecule has 2 aromatic heterocycles. The van der Waals surface area contributed by atoms with Crippen LogP contribution in [0.5, 0.6) is 0 Å². The molecule has 1 amide bonds. The molecule has 1 spiro atoms. The quantitative estimate of drug-likeness (QED) is 0.845. The Morgan fingerprint density at radius 1 is 1.12 bits per heavy atom. The van der Waals surface area contributed by atoms with Gasteiger partial charge >= 0.3 is 0 Å². The molecule has 6 nitrogen and oxygen atoms in total. The second-order valence-corrected chi connectivity index (χ2v) is 6.42. The number of carbonyl (C=O) groups is 1. The van der Waals surface area contributed by atoms with Gasteiger partial charge in [-0.05, 0) is 31.4 Å². The number of pyridine rings is 1. The first kappa shape index (κ1) is 15.0. The Morgan fingerprint density at radius 2 is 1.96 bits per heavy atom. The van der Waals surface area contributed by atoms with E-state index in [-0.39, 0.29) is 5.91 Å². The van der Waals surface area contributed by atoms with E-state index in [2.05, 4.69) is 15.0 Å². The molecule has 0 aliphatic carbocycles. The number of rotatable bonds is 2. The molecule has 24 heavy (non-hydrogen) atoms. The van der Waals surface area contributed by atoms with Crippen LogP contribution in [0.25, 0.3) is 0 Å². The number of nitrogens with zero attached hydrogens (tertiary/aromatic N) is 5. The van der Waals surface area contributed by atoms with Gasteiger partial charge in [0.15, 0.2) is 5.82 Å². The molecule has 0 radical (unpaired) electrons. The number of hydrogen-bond acceptors (Lipinski definition) is 5. The molecule has 4 rings (SSSR count). The molecule has 0 bridgehead atoms. The number of amides is 1. The Morgan fingerprint density at radius 3 is 2.71 bits per heavy atom. The predicted molar refractivity (Wildman–Crippen MR) is 87.1 cm³/mol. The highest BCUT2D eigenvalue weighted by atomic mass is 19.1. The first-order chi connectivity index (χ1) is 11.7. The third-order valence-corrected chi connectivity index (χ3v) is 4.94. The highest BCUT2D eigenvalue weighted by Crippen LogP contribution is 2.42. The van der Waals surface area contributed by atoms with Gasteiger partial charge in [0, 0.05) is 25.8 Å². The summed E-state index contributed by atoms with van der Waals surface area (Å²) >= 11 is 0. The standard InChI is InChI=1S/C17H18FN5O/c18-13-9-20-16(21-10-13)22-7-2-4-17(12-22)5-8-23(15(17)24)14-3-1-6-19-11-14/h1,3,6,9-11H,2,4-5,7-8,12H2. The van der Waals surface area contributed by atoms with Crippen LogP contribution in [0.15, 0.2) is 36.9 Å². The van der Waals surface area contributed by atoms with Crippen LogP contribution in [0.4, 0.5) is 16.0 Å². The molecule has 1 unspecified atom stereocenters. The molecule has 1 atom stereocenters. The summed E-state index contributed by atoms with van der Waals surface area (Å²) in [6.45, 7) is 2.06. The van der Waals surface area contributed by atoms with E-state index in [1.165, 1.54) is 12.4 Å². The molecule has 0 N–H and O–H groups in total. The summed E-state index contributed by atoms with van der Waals surface area (Å²) in [7, 11) is 0. The third-order valence-electron chi connectivity index (χ3n) is 4.94. The summed E-state index contributed by atoms with van der Waals surface area (Å²) < 4.78 is 13.0. The Kier molecular flexibility index (Phi) is 3.63. The number of halogens is 1. The average Bonchev–Trinajstić information content (AvgIpc) is 2.93. The van der Waals surface area contributed by atoms with Crippen molar-refractivity contribution in [3.05, 3.63) is 42.7 Å². The molecule has 124 valence electrons. The maximum atomic E-state index is 13.1. The summed E-state index contributed by atoms with van der Waals surface area (Å²) in [5.74, 6) is 0.176. The van der Waals surface area contributed by atoms with Gasteiger partial charge in [-0.15, -0.1) is 0 Å².